The van der Waals surface area contributed by atoms with Gasteiger partial charge in [-0.2, -0.15) is 13.2 Å². The number of morpholine rings is 1. The number of aromatic nitrogens is 4. The average molecular weight is 476 g/mol. The Balaban J connectivity index is 1.66. The molecule has 1 aliphatic rings. The second-order valence-electron chi connectivity index (χ2n) is 7.94. The first-order valence-corrected chi connectivity index (χ1v) is 10.6. The van der Waals surface area contributed by atoms with E-state index in [1.807, 2.05) is 12.1 Å². The molecule has 0 bridgehead atoms. The summed E-state index contributed by atoms with van der Waals surface area (Å²) in [5.41, 5.74) is 1.60. The Bertz CT molecular complexity index is 1160. The van der Waals surface area contributed by atoms with Crippen molar-refractivity contribution in [1.82, 2.24) is 19.5 Å². The normalized spacial score (nSPS) is 15.2. The summed E-state index contributed by atoms with van der Waals surface area (Å²) in [7, 11) is 0. The highest BCUT2D eigenvalue weighted by atomic mass is 19.4. The molecule has 1 saturated heterocycles. The Morgan fingerprint density at radius 3 is 2.65 bits per heavy atom. The molecule has 0 radical (unpaired) electrons. The van der Waals surface area contributed by atoms with Crippen LogP contribution in [0.2, 0.25) is 0 Å². The van der Waals surface area contributed by atoms with Gasteiger partial charge in [0, 0.05) is 43.3 Å². The van der Waals surface area contributed by atoms with E-state index in [0.29, 0.717) is 43.4 Å². The van der Waals surface area contributed by atoms with Gasteiger partial charge in [0.2, 0.25) is 5.95 Å². The van der Waals surface area contributed by atoms with Crippen LogP contribution in [0.25, 0.3) is 5.69 Å². The summed E-state index contributed by atoms with van der Waals surface area (Å²) < 4.78 is 46.3. The number of hydrogen-bond donors (Lipinski definition) is 2. The number of carboxylic acids is 1. The average Bonchev–Trinajstić information content (AvgIpc) is 3.27. The molecule has 4 rings (SSSR count). The molecule has 1 unspecified atom stereocenters. The lowest BCUT2D eigenvalue weighted by Crippen LogP contribution is -2.36. The van der Waals surface area contributed by atoms with E-state index in [4.69, 9.17) is 9.84 Å². The Morgan fingerprint density at radius 1 is 1.21 bits per heavy atom. The van der Waals surface area contributed by atoms with Crippen molar-refractivity contribution in [3.63, 3.8) is 0 Å². The van der Waals surface area contributed by atoms with Crippen LogP contribution in [-0.4, -0.2) is 56.9 Å². The fraction of sp³-hybridized carbons (Fsp3) is 0.364. The lowest BCUT2D eigenvalue weighted by atomic mass is 10.1. The molecule has 2 N–H and O–H groups in total. The first kappa shape index (κ1) is 23.5. The highest BCUT2D eigenvalue weighted by molar-refractivity contribution is 5.70. The maximum Gasteiger partial charge on any atom is 0.433 e. The summed E-state index contributed by atoms with van der Waals surface area (Å²) in [4.78, 5) is 25.1. The fourth-order valence-corrected chi connectivity index (χ4v) is 3.54. The maximum atomic E-state index is 13.1. The smallest absolute Gasteiger partial charge is 0.433 e. The van der Waals surface area contributed by atoms with Crippen LogP contribution in [-0.2, 0) is 22.1 Å². The van der Waals surface area contributed by atoms with Crippen molar-refractivity contribution in [3.8, 4) is 5.69 Å². The zero-order valence-electron chi connectivity index (χ0n) is 18.3. The number of carbonyl (C=O) groups is 1. The van der Waals surface area contributed by atoms with E-state index < -0.39 is 23.8 Å². The molecule has 3 heterocycles. The van der Waals surface area contributed by atoms with E-state index in [-0.39, 0.29) is 12.4 Å². The lowest BCUT2D eigenvalue weighted by Gasteiger charge is -2.29. The van der Waals surface area contributed by atoms with Crippen molar-refractivity contribution in [2.45, 2.75) is 19.5 Å². The fourth-order valence-electron chi connectivity index (χ4n) is 3.54. The number of nitrogens with one attached hydrogen (secondary N) is 1. The number of hydrogen-bond acceptors (Lipinski definition) is 7. The molecule has 1 atom stereocenters. The Morgan fingerprint density at radius 2 is 1.94 bits per heavy atom. The van der Waals surface area contributed by atoms with E-state index in [0.717, 1.165) is 18.0 Å². The summed E-state index contributed by atoms with van der Waals surface area (Å²) in [6.45, 7) is 4.05. The van der Waals surface area contributed by atoms with Crippen LogP contribution in [0.4, 0.5) is 30.5 Å². The van der Waals surface area contributed by atoms with Crippen LogP contribution >= 0.6 is 0 Å². The number of halogens is 3. The third kappa shape index (κ3) is 5.63. The highest BCUT2D eigenvalue weighted by Gasteiger charge is 2.32. The second-order valence-corrected chi connectivity index (χ2v) is 7.94. The van der Waals surface area contributed by atoms with Crippen molar-refractivity contribution in [2.75, 3.05) is 36.5 Å². The summed E-state index contributed by atoms with van der Waals surface area (Å²) in [6.07, 6.45) is 0.0567. The van der Waals surface area contributed by atoms with Crippen molar-refractivity contribution < 1.29 is 27.8 Å². The molecule has 0 saturated carbocycles. The summed E-state index contributed by atoms with van der Waals surface area (Å²) >= 11 is 0. The van der Waals surface area contributed by atoms with Crippen molar-refractivity contribution in [3.05, 3.63) is 54.4 Å². The molecule has 12 heteroatoms. The number of alkyl halides is 3. The van der Waals surface area contributed by atoms with Crippen molar-refractivity contribution in [1.29, 1.82) is 0 Å². The molecular weight excluding hydrogens is 453 g/mol. The van der Waals surface area contributed by atoms with E-state index in [2.05, 4.69) is 25.2 Å². The molecule has 1 aromatic carbocycles. The van der Waals surface area contributed by atoms with Crippen LogP contribution in [0.15, 0.2) is 43.0 Å². The van der Waals surface area contributed by atoms with E-state index >= 15 is 0 Å². The molecule has 3 aromatic rings. The summed E-state index contributed by atoms with van der Waals surface area (Å²) in [5.74, 6) is -1.67. The van der Waals surface area contributed by atoms with Crippen LogP contribution in [0, 0.1) is 5.92 Å². The molecule has 0 aliphatic carbocycles. The molecule has 1 aliphatic heterocycles. The molecule has 9 nitrogen and oxygen atoms in total. The van der Waals surface area contributed by atoms with Gasteiger partial charge in [0.05, 0.1) is 36.8 Å². The maximum absolute atomic E-state index is 13.1. The topological polar surface area (TPSA) is 105 Å². The van der Waals surface area contributed by atoms with Gasteiger partial charge in [0.25, 0.3) is 0 Å². The molecular formula is C22H23F3N6O3. The predicted molar refractivity (Wildman–Crippen MR) is 117 cm³/mol. The largest absolute Gasteiger partial charge is 0.481 e. The molecule has 0 spiro atoms. The van der Waals surface area contributed by atoms with Gasteiger partial charge in [-0.15, -0.1) is 0 Å². The van der Waals surface area contributed by atoms with Gasteiger partial charge in [0.15, 0.2) is 0 Å². The summed E-state index contributed by atoms with van der Waals surface area (Å²) in [6, 6.07) is 6.28. The van der Waals surface area contributed by atoms with Gasteiger partial charge in [-0.25, -0.2) is 15.0 Å². The van der Waals surface area contributed by atoms with Gasteiger partial charge in [-0.3, -0.25) is 4.79 Å². The Hall–Kier alpha value is -3.67. The molecule has 0 amide bonds. The third-order valence-electron chi connectivity index (χ3n) is 5.35. The van der Waals surface area contributed by atoms with Crippen molar-refractivity contribution in [2.24, 2.45) is 5.92 Å². The zero-order valence-corrected chi connectivity index (χ0v) is 18.3. The van der Waals surface area contributed by atoms with Gasteiger partial charge in [-0.05, 0) is 24.3 Å². The summed E-state index contributed by atoms with van der Waals surface area (Å²) in [5, 5.41) is 12.0. The van der Waals surface area contributed by atoms with Crippen LogP contribution in [0.5, 0.6) is 0 Å². The molecule has 1 fully saturated rings. The molecule has 180 valence electrons. The van der Waals surface area contributed by atoms with Crippen LogP contribution in [0.3, 0.4) is 0 Å². The third-order valence-corrected chi connectivity index (χ3v) is 5.35. The van der Waals surface area contributed by atoms with E-state index in [1.165, 1.54) is 0 Å². The number of nitrogens with zero attached hydrogens (tertiary/aromatic N) is 5. The van der Waals surface area contributed by atoms with E-state index in [1.54, 1.807) is 30.1 Å². The minimum absolute atomic E-state index is 0.179. The number of carboxylic acid groups (broad SMARTS) is 1. The minimum Gasteiger partial charge on any atom is -0.481 e. The van der Waals surface area contributed by atoms with Gasteiger partial charge < -0.3 is 24.6 Å². The second kappa shape index (κ2) is 9.67. The van der Waals surface area contributed by atoms with E-state index in [9.17, 15) is 18.0 Å². The van der Waals surface area contributed by atoms with Crippen LogP contribution < -0.4 is 10.2 Å². The minimum atomic E-state index is -4.58. The van der Waals surface area contributed by atoms with Crippen molar-refractivity contribution >= 4 is 23.3 Å². The zero-order chi connectivity index (χ0) is 24.3. The lowest BCUT2D eigenvalue weighted by molar-refractivity contribution is -0.142. The van der Waals surface area contributed by atoms with Gasteiger partial charge in [-0.1, -0.05) is 6.92 Å². The number of benzene rings is 1. The number of imidazole rings is 1. The highest BCUT2D eigenvalue weighted by Crippen LogP contribution is 2.30. The SMILES string of the molecule is CC(Cc1cn(-c2cc(Nc3nccc(C(F)(F)F)n3)cc(N3CCOCC3)c2)cn1)C(=O)O. The monoisotopic (exact) mass is 476 g/mol. The first-order valence-electron chi connectivity index (χ1n) is 10.6. The predicted octanol–water partition coefficient (Wildman–Crippen LogP) is 3.52. The van der Waals surface area contributed by atoms with Gasteiger partial charge in [0.1, 0.15) is 5.69 Å². The number of ether oxygens (including phenoxy) is 1. The number of rotatable bonds is 7. The number of aliphatic carboxylic acids is 1. The van der Waals surface area contributed by atoms with Crippen LogP contribution in [0.1, 0.15) is 18.3 Å². The number of anilines is 3. The Labute approximate surface area is 193 Å². The quantitative estimate of drug-likeness (QED) is 0.534. The Kier molecular flexibility index (Phi) is 6.68. The van der Waals surface area contributed by atoms with Gasteiger partial charge >= 0.3 is 12.1 Å². The molecule has 34 heavy (non-hydrogen) atoms. The first-order chi connectivity index (χ1) is 16.2. The standard InChI is InChI=1S/C22H23F3N6O3/c1-14(20(32)33)8-16-12-31(13-27-16)18-10-15(9-17(11-18)30-4-6-34-7-5-30)28-21-26-3-2-19(29-21)22(23,24)25/h2-3,9-14H,4-8H2,1H3,(H,32,33)(H,26,28,29). The molecule has 2 aromatic heterocycles.